The molecule has 1 N–H and O–H groups in total. The predicted octanol–water partition coefficient (Wildman–Crippen LogP) is 1.36. The number of carbonyl (C=O) groups is 1. The fourth-order valence-electron chi connectivity index (χ4n) is 1.78. The minimum absolute atomic E-state index is 0.100. The molecule has 18 heavy (non-hydrogen) atoms. The van der Waals surface area contributed by atoms with E-state index in [1.165, 1.54) is 0 Å². The second kappa shape index (κ2) is 5.03. The zero-order valence-electron chi connectivity index (χ0n) is 10.8. The van der Waals surface area contributed by atoms with Gasteiger partial charge in [0.25, 0.3) is 0 Å². The highest BCUT2D eigenvalue weighted by Gasteiger charge is 2.09. The number of aryl methyl sites for hydroxylation is 2. The molecular weight excluding hydrogens is 230 g/mol. The van der Waals surface area contributed by atoms with Gasteiger partial charge < -0.3 is 5.32 Å². The van der Waals surface area contributed by atoms with E-state index in [0.29, 0.717) is 0 Å². The van der Waals surface area contributed by atoms with Gasteiger partial charge >= 0.3 is 0 Å². The van der Waals surface area contributed by atoms with Crippen molar-refractivity contribution in [2.45, 2.75) is 33.9 Å². The molecule has 0 bridgehead atoms. The summed E-state index contributed by atoms with van der Waals surface area (Å²) in [5.74, 6) is -0.100. The summed E-state index contributed by atoms with van der Waals surface area (Å²) in [5, 5.41) is 11.1. The van der Waals surface area contributed by atoms with Crippen molar-refractivity contribution >= 4 is 11.6 Å². The van der Waals surface area contributed by atoms with Gasteiger partial charge in [-0.15, -0.1) is 0 Å². The van der Waals surface area contributed by atoms with Crippen LogP contribution in [0.15, 0.2) is 18.6 Å². The minimum Gasteiger partial charge on any atom is -0.322 e. The van der Waals surface area contributed by atoms with Crippen molar-refractivity contribution < 1.29 is 4.79 Å². The second-order valence-corrected chi connectivity index (χ2v) is 4.22. The molecule has 2 aromatic rings. The lowest BCUT2D eigenvalue weighted by Crippen LogP contribution is -2.19. The molecule has 0 radical (unpaired) electrons. The van der Waals surface area contributed by atoms with E-state index >= 15 is 0 Å². The summed E-state index contributed by atoms with van der Waals surface area (Å²) in [7, 11) is 0. The van der Waals surface area contributed by atoms with Crippen molar-refractivity contribution in [2.75, 3.05) is 5.32 Å². The van der Waals surface area contributed by atoms with Gasteiger partial charge in [0.15, 0.2) is 0 Å². The zero-order valence-corrected chi connectivity index (χ0v) is 10.8. The Morgan fingerprint density at radius 1 is 1.33 bits per heavy atom. The van der Waals surface area contributed by atoms with Crippen LogP contribution in [0.25, 0.3) is 0 Å². The van der Waals surface area contributed by atoms with Crippen molar-refractivity contribution in [1.82, 2.24) is 19.6 Å². The van der Waals surface area contributed by atoms with Crippen LogP contribution in [0, 0.1) is 13.8 Å². The van der Waals surface area contributed by atoms with E-state index in [1.807, 2.05) is 31.6 Å². The van der Waals surface area contributed by atoms with E-state index in [9.17, 15) is 4.79 Å². The van der Waals surface area contributed by atoms with Crippen LogP contribution in [0.3, 0.4) is 0 Å². The molecule has 2 heterocycles. The highest BCUT2D eigenvalue weighted by Crippen LogP contribution is 2.13. The van der Waals surface area contributed by atoms with Gasteiger partial charge in [-0.1, -0.05) is 0 Å². The molecule has 0 fully saturated rings. The Balaban J connectivity index is 2.00. The first-order valence-corrected chi connectivity index (χ1v) is 5.91. The first-order chi connectivity index (χ1) is 8.60. The van der Waals surface area contributed by atoms with Crippen LogP contribution in [0.2, 0.25) is 0 Å². The molecule has 0 aliphatic rings. The summed E-state index contributed by atoms with van der Waals surface area (Å²) in [6, 6.07) is 0. The maximum atomic E-state index is 11.8. The topological polar surface area (TPSA) is 64.7 Å². The largest absolute Gasteiger partial charge is 0.322 e. The van der Waals surface area contributed by atoms with Crippen molar-refractivity contribution in [1.29, 1.82) is 0 Å². The second-order valence-electron chi connectivity index (χ2n) is 4.22. The van der Waals surface area contributed by atoms with E-state index < -0.39 is 0 Å². The highest BCUT2D eigenvalue weighted by molar-refractivity contribution is 5.90. The van der Waals surface area contributed by atoms with Gasteiger partial charge in [-0.25, -0.2) is 0 Å². The molecule has 0 aromatic carbocycles. The number of nitrogens with zero attached hydrogens (tertiary/aromatic N) is 4. The van der Waals surface area contributed by atoms with Gasteiger partial charge in [-0.05, 0) is 26.3 Å². The number of anilines is 1. The lowest BCUT2D eigenvalue weighted by molar-refractivity contribution is -0.116. The summed E-state index contributed by atoms with van der Waals surface area (Å²) < 4.78 is 3.46. The third kappa shape index (κ3) is 2.58. The average Bonchev–Trinajstić information content (AvgIpc) is 2.87. The monoisotopic (exact) mass is 247 g/mol. The molecule has 0 aliphatic carbocycles. The molecule has 0 spiro atoms. The van der Waals surface area contributed by atoms with Crippen LogP contribution in [0.4, 0.5) is 5.69 Å². The molecule has 6 heteroatoms. The molecule has 0 aliphatic heterocycles. The summed E-state index contributed by atoms with van der Waals surface area (Å²) in [6.07, 6.45) is 5.24. The van der Waals surface area contributed by atoms with Gasteiger partial charge in [-0.2, -0.15) is 10.2 Å². The van der Waals surface area contributed by atoms with Gasteiger partial charge in [-0.3, -0.25) is 14.2 Å². The predicted molar refractivity (Wildman–Crippen MR) is 68.2 cm³/mol. The fraction of sp³-hybridized carbons (Fsp3) is 0.417. The summed E-state index contributed by atoms with van der Waals surface area (Å²) in [6.45, 7) is 6.89. The molecule has 0 unspecified atom stereocenters. The molecule has 6 nitrogen and oxygen atoms in total. The average molecular weight is 247 g/mol. The Hall–Kier alpha value is -2.11. The van der Waals surface area contributed by atoms with Gasteiger partial charge in [0.2, 0.25) is 5.91 Å². The smallest absolute Gasteiger partial charge is 0.246 e. The van der Waals surface area contributed by atoms with Crippen molar-refractivity contribution in [3.8, 4) is 0 Å². The van der Waals surface area contributed by atoms with Crippen LogP contribution >= 0.6 is 0 Å². The lowest BCUT2D eigenvalue weighted by Gasteiger charge is -2.05. The minimum atomic E-state index is -0.100. The van der Waals surface area contributed by atoms with Crippen LogP contribution < -0.4 is 5.32 Å². The van der Waals surface area contributed by atoms with Crippen LogP contribution in [-0.4, -0.2) is 25.5 Å². The molecule has 0 saturated carbocycles. The molecule has 0 saturated heterocycles. The Labute approximate surface area is 106 Å². The Morgan fingerprint density at radius 3 is 2.67 bits per heavy atom. The highest BCUT2D eigenvalue weighted by atomic mass is 16.2. The quantitative estimate of drug-likeness (QED) is 0.887. The molecule has 1 amide bonds. The summed E-state index contributed by atoms with van der Waals surface area (Å²) in [4.78, 5) is 11.8. The van der Waals surface area contributed by atoms with E-state index in [1.54, 1.807) is 17.1 Å². The number of hydrogen-bond acceptors (Lipinski definition) is 3. The third-order valence-corrected chi connectivity index (χ3v) is 2.74. The normalized spacial score (nSPS) is 10.6. The third-order valence-electron chi connectivity index (χ3n) is 2.74. The number of aromatic nitrogens is 4. The zero-order chi connectivity index (χ0) is 13.1. The van der Waals surface area contributed by atoms with E-state index in [-0.39, 0.29) is 12.5 Å². The van der Waals surface area contributed by atoms with Crippen molar-refractivity contribution in [2.24, 2.45) is 0 Å². The van der Waals surface area contributed by atoms with Crippen molar-refractivity contribution in [3.63, 3.8) is 0 Å². The SMILES string of the molecule is CCn1ncc(NC(=O)Cn2cc(C)cn2)c1C. The van der Waals surface area contributed by atoms with Gasteiger partial charge in [0, 0.05) is 12.7 Å². The summed E-state index contributed by atoms with van der Waals surface area (Å²) >= 11 is 0. The van der Waals surface area contributed by atoms with Gasteiger partial charge in [0.05, 0.1) is 23.8 Å². The summed E-state index contributed by atoms with van der Waals surface area (Å²) in [5.41, 5.74) is 2.76. The van der Waals surface area contributed by atoms with E-state index in [2.05, 4.69) is 15.5 Å². The lowest BCUT2D eigenvalue weighted by atomic mass is 10.4. The first kappa shape index (κ1) is 12.3. The Morgan fingerprint density at radius 2 is 2.11 bits per heavy atom. The number of rotatable bonds is 4. The molecule has 0 atom stereocenters. The molecule has 2 aromatic heterocycles. The maximum absolute atomic E-state index is 11.8. The molecule has 96 valence electrons. The van der Waals surface area contributed by atoms with Crippen LogP contribution in [0.1, 0.15) is 18.2 Å². The maximum Gasteiger partial charge on any atom is 0.246 e. The van der Waals surface area contributed by atoms with Crippen LogP contribution in [0.5, 0.6) is 0 Å². The van der Waals surface area contributed by atoms with Gasteiger partial charge in [0.1, 0.15) is 6.54 Å². The van der Waals surface area contributed by atoms with Crippen molar-refractivity contribution in [3.05, 3.63) is 29.8 Å². The molecular formula is C12H17N5O. The first-order valence-electron chi connectivity index (χ1n) is 5.91. The fourth-order valence-corrected chi connectivity index (χ4v) is 1.78. The Bertz CT molecular complexity index is 555. The standard InChI is InChI=1S/C12H17N5O/c1-4-17-10(3)11(6-14-17)15-12(18)8-16-7-9(2)5-13-16/h5-7H,4,8H2,1-3H3,(H,15,18). The number of amides is 1. The Kier molecular flexibility index (Phi) is 3.45. The molecule has 2 rings (SSSR count). The number of hydrogen-bond donors (Lipinski definition) is 1. The van der Waals surface area contributed by atoms with Crippen LogP contribution in [-0.2, 0) is 17.9 Å². The van der Waals surface area contributed by atoms with E-state index in [0.717, 1.165) is 23.5 Å². The number of nitrogens with one attached hydrogen (secondary N) is 1. The number of carbonyl (C=O) groups excluding carboxylic acids is 1. The van der Waals surface area contributed by atoms with E-state index in [4.69, 9.17) is 0 Å².